The lowest BCUT2D eigenvalue weighted by atomic mass is 10.1. The molecule has 0 saturated carbocycles. The largest absolute Gasteiger partial charge is 0.379 e. The third-order valence-electron chi connectivity index (χ3n) is 3.97. The lowest BCUT2D eigenvalue weighted by Gasteiger charge is -2.19. The van der Waals surface area contributed by atoms with Crippen molar-refractivity contribution in [2.24, 2.45) is 5.92 Å². The molecule has 0 aromatic heterocycles. The zero-order chi connectivity index (χ0) is 16.8. The van der Waals surface area contributed by atoms with E-state index in [4.69, 9.17) is 4.74 Å². The summed E-state index contributed by atoms with van der Waals surface area (Å²) in [5.41, 5.74) is 1.95. The first-order valence-electron chi connectivity index (χ1n) is 8.24. The van der Waals surface area contributed by atoms with Gasteiger partial charge in [-0.1, -0.05) is 18.2 Å². The van der Waals surface area contributed by atoms with Gasteiger partial charge < -0.3 is 15.0 Å². The molecule has 0 aliphatic carbocycles. The van der Waals surface area contributed by atoms with Gasteiger partial charge in [0.25, 0.3) is 0 Å². The Morgan fingerprint density at radius 2 is 2.13 bits per heavy atom. The quantitative estimate of drug-likeness (QED) is 0.785. The van der Waals surface area contributed by atoms with Crippen molar-refractivity contribution in [2.45, 2.75) is 39.7 Å². The molecule has 1 aromatic rings. The van der Waals surface area contributed by atoms with E-state index in [0.29, 0.717) is 19.7 Å². The van der Waals surface area contributed by atoms with Gasteiger partial charge in [-0.25, -0.2) is 0 Å². The highest BCUT2D eigenvalue weighted by atomic mass is 16.5. The molecular weight excluding hydrogens is 292 g/mol. The third kappa shape index (κ3) is 4.79. The number of ether oxygens (including phenoxy) is 1. The first-order valence-corrected chi connectivity index (χ1v) is 8.24. The number of carbonyl (C=O) groups is 2. The maximum atomic E-state index is 12.2. The van der Waals surface area contributed by atoms with Crippen LogP contribution < -0.4 is 10.2 Å². The van der Waals surface area contributed by atoms with Crippen molar-refractivity contribution in [3.05, 3.63) is 29.8 Å². The van der Waals surface area contributed by atoms with Gasteiger partial charge in [0.1, 0.15) is 0 Å². The molecule has 2 rings (SSSR count). The molecule has 0 radical (unpaired) electrons. The Hall–Kier alpha value is -1.88. The van der Waals surface area contributed by atoms with Gasteiger partial charge in [-0.3, -0.25) is 9.59 Å². The fourth-order valence-electron chi connectivity index (χ4n) is 2.73. The highest BCUT2D eigenvalue weighted by Crippen LogP contribution is 2.27. The molecule has 126 valence electrons. The van der Waals surface area contributed by atoms with Gasteiger partial charge in [0.05, 0.1) is 12.0 Å². The van der Waals surface area contributed by atoms with Gasteiger partial charge in [-0.15, -0.1) is 0 Å². The number of amides is 2. The first-order chi connectivity index (χ1) is 11.0. The van der Waals surface area contributed by atoms with Crippen molar-refractivity contribution >= 4 is 17.5 Å². The minimum Gasteiger partial charge on any atom is -0.379 e. The Balaban J connectivity index is 1.82. The summed E-state index contributed by atoms with van der Waals surface area (Å²) >= 11 is 0. The number of hydrogen-bond acceptors (Lipinski definition) is 3. The monoisotopic (exact) mass is 318 g/mol. The molecule has 1 atom stereocenters. The van der Waals surface area contributed by atoms with Crippen LogP contribution in [0.4, 0.5) is 5.69 Å². The van der Waals surface area contributed by atoms with Crippen LogP contribution in [0.25, 0.3) is 0 Å². The highest BCUT2D eigenvalue weighted by molar-refractivity contribution is 6.00. The van der Waals surface area contributed by atoms with Crippen molar-refractivity contribution < 1.29 is 14.3 Å². The molecule has 0 bridgehead atoms. The van der Waals surface area contributed by atoms with Gasteiger partial charge in [0, 0.05) is 31.8 Å². The molecule has 1 heterocycles. The molecule has 1 fully saturated rings. The molecule has 2 amide bonds. The average molecular weight is 318 g/mol. The second-order valence-electron chi connectivity index (χ2n) is 6.26. The number of nitrogens with zero attached hydrogens (tertiary/aromatic N) is 1. The lowest BCUT2D eigenvalue weighted by molar-refractivity contribution is -0.126. The van der Waals surface area contributed by atoms with E-state index in [1.807, 2.05) is 45.0 Å². The molecule has 1 saturated heterocycles. The zero-order valence-corrected chi connectivity index (χ0v) is 14.2. The Morgan fingerprint density at radius 1 is 1.39 bits per heavy atom. The predicted octanol–water partition coefficient (Wildman–Crippen LogP) is 2.28. The van der Waals surface area contributed by atoms with E-state index in [0.717, 1.165) is 17.7 Å². The van der Waals surface area contributed by atoms with Crippen LogP contribution in [0.2, 0.25) is 0 Å². The fourth-order valence-corrected chi connectivity index (χ4v) is 2.73. The number of para-hydroxylation sites is 1. The van der Waals surface area contributed by atoms with Gasteiger partial charge >= 0.3 is 0 Å². The number of benzene rings is 1. The SMILES string of the molecule is Cc1ccccc1N1CC(C(=O)NCCCOC(C)C)CC1=O. The minimum absolute atomic E-state index is 0.0163. The van der Waals surface area contributed by atoms with Crippen molar-refractivity contribution in [1.82, 2.24) is 5.32 Å². The average Bonchev–Trinajstić information content (AvgIpc) is 2.89. The van der Waals surface area contributed by atoms with E-state index in [2.05, 4.69) is 5.32 Å². The standard InChI is InChI=1S/C18H26N2O3/c1-13(2)23-10-6-9-19-18(22)15-11-17(21)20(12-15)16-8-5-4-7-14(16)3/h4-5,7-8,13,15H,6,9-12H2,1-3H3,(H,19,22). The predicted molar refractivity (Wildman–Crippen MR) is 90.4 cm³/mol. The van der Waals surface area contributed by atoms with Crippen LogP contribution in [-0.4, -0.2) is 37.6 Å². The van der Waals surface area contributed by atoms with Crippen molar-refractivity contribution in [2.75, 3.05) is 24.6 Å². The maximum absolute atomic E-state index is 12.2. The lowest BCUT2D eigenvalue weighted by Crippen LogP contribution is -2.34. The summed E-state index contributed by atoms with van der Waals surface area (Å²) in [6, 6.07) is 7.77. The van der Waals surface area contributed by atoms with Crippen LogP contribution in [-0.2, 0) is 14.3 Å². The second-order valence-corrected chi connectivity index (χ2v) is 6.26. The Labute approximate surface area is 138 Å². The fraction of sp³-hybridized carbons (Fsp3) is 0.556. The topological polar surface area (TPSA) is 58.6 Å². The summed E-state index contributed by atoms with van der Waals surface area (Å²) in [5.74, 6) is -0.297. The number of aryl methyl sites for hydroxylation is 1. The molecule has 23 heavy (non-hydrogen) atoms. The number of carbonyl (C=O) groups excluding carboxylic acids is 2. The Morgan fingerprint density at radius 3 is 2.83 bits per heavy atom. The van der Waals surface area contributed by atoms with E-state index in [-0.39, 0.29) is 30.3 Å². The van der Waals surface area contributed by atoms with Crippen LogP contribution in [0.5, 0.6) is 0 Å². The van der Waals surface area contributed by atoms with Crippen LogP contribution >= 0.6 is 0 Å². The molecule has 0 spiro atoms. The summed E-state index contributed by atoms with van der Waals surface area (Å²) in [5, 5.41) is 2.91. The van der Waals surface area contributed by atoms with Crippen LogP contribution in [0.1, 0.15) is 32.3 Å². The summed E-state index contributed by atoms with van der Waals surface area (Å²) < 4.78 is 5.44. The van der Waals surface area contributed by atoms with Crippen molar-refractivity contribution in [3.63, 3.8) is 0 Å². The smallest absolute Gasteiger partial charge is 0.227 e. The Bertz CT molecular complexity index is 557. The number of nitrogens with one attached hydrogen (secondary N) is 1. The molecule has 1 aliphatic heterocycles. The molecule has 5 nitrogen and oxygen atoms in total. The van der Waals surface area contributed by atoms with Gasteiger partial charge in [-0.2, -0.15) is 0 Å². The van der Waals surface area contributed by atoms with Crippen molar-refractivity contribution in [1.29, 1.82) is 0 Å². The minimum atomic E-state index is -0.270. The molecule has 1 aliphatic rings. The molecule has 5 heteroatoms. The summed E-state index contributed by atoms with van der Waals surface area (Å²) in [6.07, 6.45) is 1.27. The van der Waals surface area contributed by atoms with Gasteiger partial charge in [0.15, 0.2) is 0 Å². The van der Waals surface area contributed by atoms with Crippen LogP contribution in [0, 0.1) is 12.8 Å². The highest BCUT2D eigenvalue weighted by Gasteiger charge is 2.35. The molecule has 1 unspecified atom stereocenters. The van der Waals surface area contributed by atoms with Crippen molar-refractivity contribution in [3.8, 4) is 0 Å². The van der Waals surface area contributed by atoms with Crippen LogP contribution in [0.15, 0.2) is 24.3 Å². The van der Waals surface area contributed by atoms with E-state index in [9.17, 15) is 9.59 Å². The number of hydrogen-bond donors (Lipinski definition) is 1. The van der Waals surface area contributed by atoms with E-state index in [1.165, 1.54) is 0 Å². The maximum Gasteiger partial charge on any atom is 0.227 e. The van der Waals surface area contributed by atoms with Crippen LogP contribution in [0.3, 0.4) is 0 Å². The van der Waals surface area contributed by atoms with Gasteiger partial charge in [-0.05, 0) is 38.8 Å². The number of anilines is 1. The number of rotatable bonds is 7. The van der Waals surface area contributed by atoms with E-state index >= 15 is 0 Å². The first kappa shape index (κ1) is 17.5. The van der Waals surface area contributed by atoms with E-state index in [1.54, 1.807) is 4.90 Å². The second kappa shape index (κ2) is 8.11. The molecule has 1 aromatic carbocycles. The Kier molecular flexibility index (Phi) is 6.16. The zero-order valence-electron chi connectivity index (χ0n) is 14.2. The summed E-state index contributed by atoms with van der Waals surface area (Å²) in [7, 11) is 0. The summed E-state index contributed by atoms with van der Waals surface area (Å²) in [4.78, 5) is 26.2. The summed E-state index contributed by atoms with van der Waals surface area (Å²) in [6.45, 7) is 7.63. The normalized spacial score (nSPS) is 17.8. The van der Waals surface area contributed by atoms with Gasteiger partial charge in [0.2, 0.25) is 11.8 Å². The van der Waals surface area contributed by atoms with E-state index < -0.39 is 0 Å². The molecule has 1 N–H and O–H groups in total. The molecular formula is C18H26N2O3. The third-order valence-corrected chi connectivity index (χ3v) is 3.97.